The smallest absolute Gasteiger partial charge is 0.356 e. The van der Waals surface area contributed by atoms with Crippen LogP contribution in [0.2, 0.25) is 0 Å². The van der Waals surface area contributed by atoms with Crippen molar-refractivity contribution in [3.63, 3.8) is 0 Å². The van der Waals surface area contributed by atoms with E-state index in [1.165, 1.54) is 0 Å². The molecule has 0 spiro atoms. The molecule has 0 heterocycles. The molecule has 0 aromatic rings. The van der Waals surface area contributed by atoms with Crippen molar-refractivity contribution in [1.29, 1.82) is 0 Å². The average Bonchev–Trinajstić information content (AvgIpc) is 1.54. The summed E-state index contributed by atoms with van der Waals surface area (Å²) in [5.41, 5.74) is 0. The summed E-state index contributed by atoms with van der Waals surface area (Å²) in [5.74, 6) is 0. The van der Waals surface area contributed by atoms with E-state index < -0.39 is 15.3 Å². The second-order valence-electron chi connectivity index (χ2n) is 0.671. The molecule has 0 aliphatic carbocycles. The first-order valence-electron chi connectivity index (χ1n) is 1.64. The van der Waals surface area contributed by atoms with Gasteiger partial charge in [0.05, 0.1) is 15.3 Å². The molecule has 0 saturated carbocycles. The van der Waals surface area contributed by atoms with E-state index in [9.17, 15) is 0 Å². The van der Waals surface area contributed by atoms with Crippen molar-refractivity contribution in [2.75, 3.05) is 0 Å². The number of hydrogen-bond acceptors (Lipinski definition) is 15. The zero-order valence-electron chi connectivity index (χ0n) is 9.59. The van der Waals surface area contributed by atoms with Gasteiger partial charge in [-0.15, -0.1) is 0 Å². The van der Waals surface area contributed by atoms with Crippen LogP contribution in [0.15, 0.2) is 0 Å². The Kier molecular flexibility index (Phi) is 353. The first-order chi connectivity index (χ1) is 5.20. The molecule has 0 unspecified atom stereocenters. The molecule has 126 valence electrons. The molecule has 0 bridgehead atoms. The minimum atomic E-state index is -1.75. The van der Waals surface area contributed by atoms with E-state index in [0.717, 1.165) is 0 Å². The van der Waals surface area contributed by atoms with Gasteiger partial charge in [0.25, 0.3) is 0 Å². The van der Waals surface area contributed by atoms with E-state index in [1.807, 2.05) is 0 Å². The Morgan fingerprint density at radius 2 is 0.421 bits per heavy atom. The molecular formula is H18CoN9O9. The van der Waals surface area contributed by atoms with Gasteiger partial charge in [0, 0.05) is 0 Å². The molecule has 0 rings (SSSR count). The number of rotatable bonds is 0. The summed E-state index contributed by atoms with van der Waals surface area (Å²) in [6, 6.07) is 0. The van der Waals surface area contributed by atoms with Gasteiger partial charge in [0.1, 0.15) is 0 Å². The average molecular weight is 347 g/mol. The normalized spacial score (nSPS) is 3.79. The van der Waals surface area contributed by atoms with Crippen molar-refractivity contribution in [2.24, 2.45) is 0 Å². The zero-order valence-corrected chi connectivity index (χ0v) is 10.6. The molecule has 0 atom stereocenters. The largest absolute Gasteiger partial charge is 3.00 e. The first kappa shape index (κ1) is 90.1. The predicted molar refractivity (Wildman–Crippen MR) is 61.2 cm³/mol. The Hall–Kier alpha value is -2.13. The summed E-state index contributed by atoms with van der Waals surface area (Å²) in [6.45, 7) is 0. The van der Waals surface area contributed by atoms with Crippen molar-refractivity contribution in [3.05, 3.63) is 46.0 Å². The maximum atomic E-state index is 8.25. The molecule has 19 heavy (non-hydrogen) atoms. The van der Waals surface area contributed by atoms with E-state index in [-0.39, 0.29) is 53.7 Å². The van der Waals surface area contributed by atoms with Gasteiger partial charge >= 0.3 is 16.8 Å². The minimum absolute atomic E-state index is 0. The van der Waals surface area contributed by atoms with Crippen LogP contribution < -0.4 is 36.9 Å². The van der Waals surface area contributed by atoms with Gasteiger partial charge in [0.2, 0.25) is 0 Å². The van der Waals surface area contributed by atoms with E-state index in [4.69, 9.17) is 46.0 Å². The van der Waals surface area contributed by atoms with E-state index in [2.05, 4.69) is 0 Å². The number of hydrogen-bond donors (Lipinski definition) is 6. The van der Waals surface area contributed by atoms with Gasteiger partial charge in [-0.1, -0.05) is 0 Å². The Morgan fingerprint density at radius 3 is 0.421 bits per heavy atom. The quantitative estimate of drug-likeness (QED) is 0.252. The molecule has 0 saturated heterocycles. The molecule has 0 amide bonds. The summed E-state index contributed by atoms with van der Waals surface area (Å²) in [5, 5.41) is 44.2. The van der Waals surface area contributed by atoms with Crippen molar-refractivity contribution in [3.8, 4) is 0 Å². The van der Waals surface area contributed by atoms with Crippen molar-refractivity contribution in [2.45, 2.75) is 0 Å². The molecule has 18 nitrogen and oxygen atoms in total. The first-order valence-corrected chi connectivity index (χ1v) is 1.64. The Balaban J connectivity index is -0.00000000675. The van der Waals surface area contributed by atoms with Gasteiger partial charge in [-0.25, -0.2) is 0 Å². The molecule has 0 aromatic carbocycles. The molecular weight excluding hydrogens is 329 g/mol. The van der Waals surface area contributed by atoms with Crippen LogP contribution in [0.3, 0.4) is 0 Å². The van der Waals surface area contributed by atoms with Crippen LogP contribution >= 0.6 is 0 Å². The van der Waals surface area contributed by atoms with Gasteiger partial charge in [-0.2, -0.15) is 0 Å². The Bertz CT molecular complexity index is 121. The summed E-state index contributed by atoms with van der Waals surface area (Å²) in [4.78, 5) is 24.8. The van der Waals surface area contributed by atoms with Gasteiger partial charge < -0.3 is 82.9 Å². The van der Waals surface area contributed by atoms with Crippen LogP contribution in [0, 0.1) is 46.0 Å². The molecule has 0 fully saturated rings. The van der Waals surface area contributed by atoms with Crippen LogP contribution in [0.4, 0.5) is 0 Å². The van der Waals surface area contributed by atoms with Gasteiger partial charge in [-0.3, -0.25) is 0 Å². The van der Waals surface area contributed by atoms with Crippen LogP contribution in [-0.4, -0.2) is 15.3 Å². The van der Waals surface area contributed by atoms with Crippen molar-refractivity contribution in [1.82, 2.24) is 36.9 Å². The molecule has 18 N–H and O–H groups in total. The molecule has 0 aliphatic heterocycles. The second-order valence-corrected chi connectivity index (χ2v) is 0.671. The van der Waals surface area contributed by atoms with Crippen molar-refractivity contribution < 1.29 is 32.0 Å². The maximum Gasteiger partial charge on any atom is 3.00 e. The standard InChI is InChI=1S/Co.3NO3.6H3N/c;3*2-1(3)4;;;;;;/h;;;;6*1H3/q+3;3*-1;;;;;;. The van der Waals surface area contributed by atoms with Crippen LogP contribution in [0.25, 0.3) is 0 Å². The summed E-state index contributed by atoms with van der Waals surface area (Å²) >= 11 is 0. The van der Waals surface area contributed by atoms with E-state index >= 15 is 0 Å². The van der Waals surface area contributed by atoms with Crippen LogP contribution in [0.1, 0.15) is 0 Å². The van der Waals surface area contributed by atoms with Crippen molar-refractivity contribution >= 4 is 0 Å². The fourth-order valence-corrected chi connectivity index (χ4v) is 0. The summed E-state index contributed by atoms with van der Waals surface area (Å²) in [6.07, 6.45) is 0. The SMILES string of the molecule is N.N.N.N.N.N.O=[N+]([O-])[O-].O=[N+]([O-])[O-].O=[N+]([O-])[O-].[Co+3]. The summed E-state index contributed by atoms with van der Waals surface area (Å²) in [7, 11) is 0. The van der Waals surface area contributed by atoms with Gasteiger partial charge in [0.15, 0.2) is 0 Å². The third-order valence-electron chi connectivity index (χ3n) is 0. The third kappa shape index (κ3) is 670. The Morgan fingerprint density at radius 1 is 0.421 bits per heavy atom. The molecule has 19 heteroatoms. The van der Waals surface area contributed by atoms with Gasteiger partial charge in [-0.05, 0) is 0 Å². The van der Waals surface area contributed by atoms with E-state index in [0.29, 0.717) is 0 Å². The predicted octanol–water partition coefficient (Wildman–Crippen LogP) is 0.252. The summed E-state index contributed by atoms with van der Waals surface area (Å²) < 4.78 is 0. The fourth-order valence-electron chi connectivity index (χ4n) is 0. The molecule has 0 aromatic heterocycles. The second kappa shape index (κ2) is 74.4. The number of nitrogens with zero attached hydrogens (tertiary/aromatic N) is 3. The fraction of sp³-hybridized carbons (Fsp3) is 0. The zero-order chi connectivity index (χ0) is 10.7. The molecule has 0 radical (unpaired) electrons. The van der Waals surface area contributed by atoms with Crippen LogP contribution in [0.5, 0.6) is 0 Å². The van der Waals surface area contributed by atoms with E-state index in [1.54, 1.807) is 0 Å². The minimum Gasteiger partial charge on any atom is -0.356 e. The topological polar surface area (TPSA) is 409 Å². The monoisotopic (exact) mass is 347 g/mol. The molecule has 0 aliphatic rings. The maximum absolute atomic E-state index is 8.25. The third-order valence-corrected chi connectivity index (χ3v) is 0. The Labute approximate surface area is 116 Å². The van der Waals surface area contributed by atoms with Crippen LogP contribution in [-0.2, 0) is 16.8 Å².